The maximum absolute atomic E-state index is 8.98. The molecule has 4 heteroatoms. The van der Waals surface area contributed by atoms with Crippen molar-refractivity contribution in [1.29, 1.82) is 5.26 Å². The van der Waals surface area contributed by atoms with Crippen molar-refractivity contribution < 1.29 is 0 Å². The lowest BCUT2D eigenvalue weighted by molar-refractivity contribution is 0.719. The van der Waals surface area contributed by atoms with Crippen molar-refractivity contribution in [2.24, 2.45) is 0 Å². The molecular weight excluding hydrogens is 248 g/mol. The molecule has 0 fully saturated rings. The van der Waals surface area contributed by atoms with Gasteiger partial charge >= 0.3 is 0 Å². The van der Waals surface area contributed by atoms with Gasteiger partial charge in [-0.2, -0.15) is 5.26 Å². The Bertz CT molecular complexity index is 651. The van der Waals surface area contributed by atoms with E-state index in [2.05, 4.69) is 47.6 Å². The van der Waals surface area contributed by atoms with Gasteiger partial charge in [0, 0.05) is 5.56 Å². The van der Waals surface area contributed by atoms with E-state index in [0.717, 1.165) is 11.3 Å². The Balaban J connectivity index is 2.24. The molecule has 20 heavy (non-hydrogen) atoms. The average Bonchev–Trinajstić information content (AvgIpc) is 2.42. The van der Waals surface area contributed by atoms with E-state index in [1.165, 1.54) is 11.1 Å². The van der Waals surface area contributed by atoms with Gasteiger partial charge in [-0.1, -0.05) is 12.1 Å². The van der Waals surface area contributed by atoms with Gasteiger partial charge in [-0.25, -0.2) is 0 Å². The molecule has 2 rings (SSSR count). The van der Waals surface area contributed by atoms with Gasteiger partial charge in [0.1, 0.15) is 11.4 Å². The summed E-state index contributed by atoms with van der Waals surface area (Å²) >= 11 is 0. The van der Waals surface area contributed by atoms with Crippen molar-refractivity contribution in [1.82, 2.24) is 10.2 Å². The van der Waals surface area contributed by atoms with E-state index in [1.54, 1.807) is 13.8 Å². The Labute approximate surface area is 119 Å². The van der Waals surface area contributed by atoms with Gasteiger partial charge in [0.2, 0.25) is 0 Å². The SMILES string of the molecule is Cc1ccc(-c2ccc(NC(C)(C)C#N)nn2)cc1C. The zero-order valence-corrected chi connectivity index (χ0v) is 12.2. The van der Waals surface area contributed by atoms with Gasteiger partial charge in [0.05, 0.1) is 11.8 Å². The van der Waals surface area contributed by atoms with Crippen LogP contribution in [0, 0.1) is 25.2 Å². The molecule has 0 aliphatic heterocycles. The van der Waals surface area contributed by atoms with Crippen LogP contribution in [0.25, 0.3) is 11.3 Å². The number of rotatable bonds is 3. The maximum Gasteiger partial charge on any atom is 0.149 e. The second-order valence-electron chi connectivity index (χ2n) is 5.46. The van der Waals surface area contributed by atoms with Crippen molar-refractivity contribution in [3.63, 3.8) is 0 Å². The summed E-state index contributed by atoms with van der Waals surface area (Å²) in [6.45, 7) is 7.76. The average molecular weight is 266 g/mol. The van der Waals surface area contributed by atoms with Crippen LogP contribution in [0.4, 0.5) is 5.82 Å². The van der Waals surface area contributed by atoms with Crippen molar-refractivity contribution in [2.45, 2.75) is 33.2 Å². The number of aromatic nitrogens is 2. The molecule has 0 amide bonds. The standard InChI is InChI=1S/C16H18N4/c1-11-5-6-13(9-12(11)2)14-7-8-15(20-19-14)18-16(3,4)10-17/h5-9H,1-4H3,(H,18,20). The molecule has 0 radical (unpaired) electrons. The van der Waals surface area contributed by atoms with Gasteiger partial charge in [0.15, 0.2) is 0 Å². The summed E-state index contributed by atoms with van der Waals surface area (Å²) < 4.78 is 0. The van der Waals surface area contributed by atoms with Crippen LogP contribution in [0.3, 0.4) is 0 Å². The molecule has 1 N–H and O–H groups in total. The highest BCUT2D eigenvalue weighted by atomic mass is 15.2. The van der Waals surface area contributed by atoms with Gasteiger partial charge < -0.3 is 5.32 Å². The highest BCUT2D eigenvalue weighted by Gasteiger charge is 2.16. The van der Waals surface area contributed by atoms with Gasteiger partial charge in [0.25, 0.3) is 0 Å². The van der Waals surface area contributed by atoms with E-state index in [9.17, 15) is 0 Å². The molecule has 102 valence electrons. The molecule has 0 saturated heterocycles. The summed E-state index contributed by atoms with van der Waals surface area (Å²) in [6, 6.07) is 12.1. The maximum atomic E-state index is 8.98. The molecular formula is C16H18N4. The number of hydrogen-bond acceptors (Lipinski definition) is 4. The van der Waals surface area contributed by atoms with Crippen LogP contribution in [0.5, 0.6) is 0 Å². The first-order valence-corrected chi connectivity index (χ1v) is 6.52. The highest BCUT2D eigenvalue weighted by Crippen LogP contribution is 2.21. The van der Waals surface area contributed by atoms with Crippen molar-refractivity contribution >= 4 is 5.82 Å². The minimum Gasteiger partial charge on any atom is -0.351 e. The molecule has 2 aromatic rings. The summed E-state index contributed by atoms with van der Waals surface area (Å²) in [5.74, 6) is 0.601. The molecule has 0 saturated carbocycles. The third kappa shape index (κ3) is 3.12. The van der Waals surface area contributed by atoms with Crippen molar-refractivity contribution in [2.75, 3.05) is 5.32 Å². The number of aryl methyl sites for hydroxylation is 2. The molecule has 1 heterocycles. The van der Waals surface area contributed by atoms with Crippen molar-refractivity contribution in [3.8, 4) is 17.3 Å². The van der Waals surface area contributed by atoms with Crippen LogP contribution in [-0.2, 0) is 0 Å². The van der Waals surface area contributed by atoms with Gasteiger partial charge in [-0.05, 0) is 57.0 Å². The minimum atomic E-state index is -0.656. The number of anilines is 1. The Kier molecular flexibility index (Phi) is 3.71. The zero-order chi connectivity index (χ0) is 14.8. The Hall–Kier alpha value is -2.41. The molecule has 0 aliphatic carbocycles. The second-order valence-corrected chi connectivity index (χ2v) is 5.46. The molecule has 0 aliphatic rings. The van der Waals surface area contributed by atoms with E-state index < -0.39 is 5.54 Å². The second kappa shape index (κ2) is 5.30. The van der Waals surface area contributed by atoms with Gasteiger partial charge in [-0.15, -0.1) is 10.2 Å². The first kappa shape index (κ1) is 14.0. The summed E-state index contributed by atoms with van der Waals surface area (Å²) in [6.07, 6.45) is 0. The largest absolute Gasteiger partial charge is 0.351 e. The van der Waals surface area contributed by atoms with Crippen LogP contribution >= 0.6 is 0 Å². The quantitative estimate of drug-likeness (QED) is 0.924. The molecule has 0 atom stereocenters. The van der Waals surface area contributed by atoms with Gasteiger partial charge in [-0.3, -0.25) is 0 Å². The third-order valence-electron chi connectivity index (χ3n) is 3.19. The number of nitrogens with one attached hydrogen (secondary N) is 1. The fraction of sp³-hybridized carbons (Fsp3) is 0.312. The Morgan fingerprint density at radius 1 is 1.05 bits per heavy atom. The molecule has 0 spiro atoms. The topological polar surface area (TPSA) is 61.6 Å². The first-order chi connectivity index (χ1) is 9.41. The number of hydrogen-bond donors (Lipinski definition) is 1. The monoisotopic (exact) mass is 266 g/mol. The van der Waals surface area contributed by atoms with Crippen LogP contribution in [0.15, 0.2) is 30.3 Å². The summed E-state index contributed by atoms with van der Waals surface area (Å²) in [5.41, 5.74) is 3.71. The summed E-state index contributed by atoms with van der Waals surface area (Å²) in [5, 5.41) is 20.4. The van der Waals surface area contributed by atoms with E-state index in [1.807, 2.05) is 18.2 Å². The summed E-state index contributed by atoms with van der Waals surface area (Å²) in [7, 11) is 0. The lowest BCUT2D eigenvalue weighted by Gasteiger charge is -2.17. The predicted molar refractivity (Wildman–Crippen MR) is 80.3 cm³/mol. The van der Waals surface area contributed by atoms with E-state index in [4.69, 9.17) is 5.26 Å². The lowest BCUT2D eigenvalue weighted by Crippen LogP contribution is -2.29. The minimum absolute atomic E-state index is 0.601. The number of benzene rings is 1. The zero-order valence-electron chi connectivity index (χ0n) is 12.2. The highest BCUT2D eigenvalue weighted by molar-refractivity contribution is 5.61. The van der Waals surface area contributed by atoms with Crippen LogP contribution in [0.2, 0.25) is 0 Å². The van der Waals surface area contributed by atoms with E-state index in [-0.39, 0.29) is 0 Å². The van der Waals surface area contributed by atoms with E-state index >= 15 is 0 Å². The lowest BCUT2D eigenvalue weighted by atomic mass is 10.0. The van der Waals surface area contributed by atoms with E-state index in [0.29, 0.717) is 5.82 Å². The fourth-order valence-electron chi connectivity index (χ4n) is 1.80. The molecule has 4 nitrogen and oxygen atoms in total. The molecule has 1 aromatic heterocycles. The third-order valence-corrected chi connectivity index (χ3v) is 3.19. The molecule has 0 bridgehead atoms. The molecule has 1 aromatic carbocycles. The van der Waals surface area contributed by atoms with Crippen LogP contribution < -0.4 is 5.32 Å². The summed E-state index contributed by atoms with van der Waals surface area (Å²) in [4.78, 5) is 0. The normalized spacial score (nSPS) is 10.9. The molecule has 0 unspecified atom stereocenters. The number of nitriles is 1. The fourth-order valence-corrected chi connectivity index (χ4v) is 1.80. The Morgan fingerprint density at radius 3 is 2.35 bits per heavy atom. The first-order valence-electron chi connectivity index (χ1n) is 6.52. The smallest absolute Gasteiger partial charge is 0.149 e. The van der Waals surface area contributed by atoms with Crippen molar-refractivity contribution in [3.05, 3.63) is 41.5 Å². The predicted octanol–water partition coefficient (Wildman–Crippen LogP) is 3.47. The number of nitrogens with zero attached hydrogens (tertiary/aromatic N) is 3. The van der Waals surface area contributed by atoms with Crippen LogP contribution in [-0.4, -0.2) is 15.7 Å². The Morgan fingerprint density at radius 2 is 1.80 bits per heavy atom. The van der Waals surface area contributed by atoms with Crippen LogP contribution in [0.1, 0.15) is 25.0 Å².